The Morgan fingerprint density at radius 2 is 1.60 bits per heavy atom. The molecule has 0 unspecified atom stereocenters. The molecule has 0 atom stereocenters. The summed E-state index contributed by atoms with van der Waals surface area (Å²) in [5, 5.41) is 15.4. The van der Waals surface area contributed by atoms with Crippen LogP contribution in [0, 0.1) is 25.2 Å². The molecule has 0 saturated heterocycles. The Labute approximate surface area is 154 Å². The second-order valence-electron chi connectivity index (χ2n) is 5.61. The number of hydrogen-bond donors (Lipinski definition) is 2. The van der Waals surface area contributed by atoms with E-state index in [2.05, 4.69) is 42.6 Å². The highest BCUT2D eigenvalue weighted by Crippen LogP contribution is 2.27. The Morgan fingerprint density at radius 1 is 0.920 bits per heavy atom. The highest BCUT2D eigenvalue weighted by Gasteiger charge is 2.06. The zero-order valence-electron chi connectivity index (χ0n) is 13.8. The molecule has 0 spiro atoms. The van der Waals surface area contributed by atoms with Gasteiger partial charge >= 0.3 is 0 Å². The molecule has 0 saturated carbocycles. The molecule has 0 aliphatic heterocycles. The first kappa shape index (κ1) is 16.9. The zero-order valence-corrected chi connectivity index (χ0v) is 15.4. The van der Waals surface area contributed by atoms with Gasteiger partial charge in [-0.05, 0) is 71.7 Å². The maximum Gasteiger partial charge on any atom is 0.136 e. The lowest BCUT2D eigenvalue weighted by molar-refractivity contribution is 1.06. The molecule has 25 heavy (non-hydrogen) atoms. The van der Waals surface area contributed by atoms with Gasteiger partial charge in [0.25, 0.3) is 0 Å². The Morgan fingerprint density at radius 3 is 2.24 bits per heavy atom. The minimum Gasteiger partial charge on any atom is -0.340 e. The van der Waals surface area contributed by atoms with Crippen molar-refractivity contribution in [2.45, 2.75) is 13.8 Å². The first-order valence-corrected chi connectivity index (χ1v) is 8.49. The molecule has 1 aromatic heterocycles. The maximum absolute atomic E-state index is 8.87. The molecule has 6 heteroatoms. The van der Waals surface area contributed by atoms with Gasteiger partial charge in [-0.2, -0.15) is 5.26 Å². The summed E-state index contributed by atoms with van der Waals surface area (Å²) in [6.07, 6.45) is 0. The van der Waals surface area contributed by atoms with E-state index in [4.69, 9.17) is 5.26 Å². The normalized spacial score (nSPS) is 10.2. The molecular weight excluding hydrogens is 378 g/mol. The smallest absolute Gasteiger partial charge is 0.136 e. The summed E-state index contributed by atoms with van der Waals surface area (Å²) in [6, 6.07) is 17.3. The summed E-state index contributed by atoms with van der Waals surface area (Å²) in [5.74, 6) is 2.04. The van der Waals surface area contributed by atoms with Gasteiger partial charge in [0, 0.05) is 16.2 Å². The van der Waals surface area contributed by atoms with Crippen molar-refractivity contribution < 1.29 is 0 Å². The summed E-state index contributed by atoms with van der Waals surface area (Å²) in [4.78, 5) is 8.85. The van der Waals surface area contributed by atoms with Crippen molar-refractivity contribution in [3.8, 4) is 6.07 Å². The SMILES string of the molecule is Cc1ccc(Nc2cc(Nc3ccc(C#N)cc3)nc(C)n2)c(Br)c1. The van der Waals surface area contributed by atoms with E-state index in [1.807, 2.05) is 50.2 Å². The summed E-state index contributed by atoms with van der Waals surface area (Å²) < 4.78 is 0.977. The van der Waals surface area contributed by atoms with E-state index < -0.39 is 0 Å². The minimum absolute atomic E-state index is 0.621. The summed E-state index contributed by atoms with van der Waals surface area (Å²) >= 11 is 3.56. The average Bonchev–Trinajstić information content (AvgIpc) is 2.58. The average molecular weight is 394 g/mol. The monoisotopic (exact) mass is 393 g/mol. The molecule has 1 heterocycles. The number of rotatable bonds is 4. The molecule has 2 aromatic carbocycles. The lowest BCUT2D eigenvalue weighted by Crippen LogP contribution is -2.02. The Balaban J connectivity index is 1.83. The maximum atomic E-state index is 8.87. The van der Waals surface area contributed by atoms with Crippen LogP contribution in [0.4, 0.5) is 23.0 Å². The van der Waals surface area contributed by atoms with Gasteiger partial charge in [-0.25, -0.2) is 9.97 Å². The summed E-state index contributed by atoms with van der Waals surface area (Å²) in [5.41, 5.74) is 3.60. The number of halogens is 1. The van der Waals surface area contributed by atoms with E-state index in [0.717, 1.165) is 15.8 Å². The quantitative estimate of drug-likeness (QED) is 0.635. The van der Waals surface area contributed by atoms with E-state index in [9.17, 15) is 0 Å². The van der Waals surface area contributed by atoms with Crippen LogP contribution in [0.3, 0.4) is 0 Å². The Kier molecular flexibility index (Phi) is 4.96. The molecule has 0 fully saturated rings. The van der Waals surface area contributed by atoms with Gasteiger partial charge in [0.1, 0.15) is 17.5 Å². The van der Waals surface area contributed by atoms with Crippen molar-refractivity contribution in [1.29, 1.82) is 5.26 Å². The predicted molar refractivity (Wildman–Crippen MR) is 103 cm³/mol. The third-order valence-electron chi connectivity index (χ3n) is 3.51. The van der Waals surface area contributed by atoms with Gasteiger partial charge in [-0.3, -0.25) is 0 Å². The van der Waals surface area contributed by atoms with Crippen molar-refractivity contribution in [1.82, 2.24) is 9.97 Å². The van der Waals surface area contributed by atoms with Crippen molar-refractivity contribution in [3.05, 3.63) is 70.0 Å². The molecular formula is C19H16BrN5. The third kappa shape index (κ3) is 4.34. The number of nitrogens with one attached hydrogen (secondary N) is 2. The van der Waals surface area contributed by atoms with E-state index in [-0.39, 0.29) is 0 Å². The molecule has 0 aliphatic rings. The van der Waals surface area contributed by atoms with Crippen molar-refractivity contribution in [3.63, 3.8) is 0 Å². The number of aromatic nitrogens is 2. The standard InChI is InChI=1S/C19H16BrN5/c1-12-3-8-17(16(20)9-12)25-19-10-18(22-13(2)23-19)24-15-6-4-14(11-21)5-7-15/h3-10H,1-2H3,(H2,22,23,24,25). The zero-order chi connectivity index (χ0) is 17.8. The number of nitriles is 1. The van der Waals surface area contributed by atoms with E-state index in [1.54, 1.807) is 12.1 Å². The van der Waals surface area contributed by atoms with Crippen LogP contribution in [-0.4, -0.2) is 9.97 Å². The van der Waals surface area contributed by atoms with Crippen LogP contribution in [0.2, 0.25) is 0 Å². The molecule has 3 aromatic rings. The minimum atomic E-state index is 0.621. The van der Waals surface area contributed by atoms with E-state index in [0.29, 0.717) is 23.0 Å². The van der Waals surface area contributed by atoms with Crippen LogP contribution >= 0.6 is 15.9 Å². The molecule has 5 nitrogen and oxygen atoms in total. The fraction of sp³-hybridized carbons (Fsp3) is 0.105. The van der Waals surface area contributed by atoms with Crippen LogP contribution in [0.15, 0.2) is 53.0 Å². The molecule has 0 amide bonds. The van der Waals surface area contributed by atoms with Gasteiger partial charge in [-0.1, -0.05) is 6.07 Å². The fourth-order valence-electron chi connectivity index (χ4n) is 2.33. The van der Waals surface area contributed by atoms with Crippen LogP contribution in [0.1, 0.15) is 17.0 Å². The number of hydrogen-bond acceptors (Lipinski definition) is 5. The molecule has 2 N–H and O–H groups in total. The van der Waals surface area contributed by atoms with Gasteiger partial charge in [0.05, 0.1) is 17.3 Å². The second kappa shape index (κ2) is 7.32. The van der Waals surface area contributed by atoms with Crippen LogP contribution < -0.4 is 10.6 Å². The van der Waals surface area contributed by atoms with Crippen molar-refractivity contribution in [2.24, 2.45) is 0 Å². The lowest BCUT2D eigenvalue weighted by atomic mass is 10.2. The molecule has 3 rings (SSSR count). The largest absolute Gasteiger partial charge is 0.340 e. The van der Waals surface area contributed by atoms with E-state index in [1.165, 1.54) is 5.56 Å². The number of anilines is 4. The first-order chi connectivity index (χ1) is 12.0. The van der Waals surface area contributed by atoms with Crippen LogP contribution in [0.5, 0.6) is 0 Å². The second-order valence-corrected chi connectivity index (χ2v) is 6.46. The number of aryl methyl sites for hydroxylation is 2. The molecule has 124 valence electrons. The van der Waals surface area contributed by atoms with Gasteiger partial charge < -0.3 is 10.6 Å². The predicted octanol–water partition coefficient (Wildman–Crippen LogP) is 5.21. The number of benzene rings is 2. The summed E-state index contributed by atoms with van der Waals surface area (Å²) in [6.45, 7) is 3.89. The fourth-order valence-corrected chi connectivity index (χ4v) is 2.92. The highest BCUT2D eigenvalue weighted by molar-refractivity contribution is 9.10. The van der Waals surface area contributed by atoms with Crippen LogP contribution in [0.25, 0.3) is 0 Å². The van der Waals surface area contributed by atoms with Crippen molar-refractivity contribution >= 4 is 38.9 Å². The van der Waals surface area contributed by atoms with Crippen molar-refractivity contribution in [2.75, 3.05) is 10.6 Å². The molecule has 0 bridgehead atoms. The Hall–Kier alpha value is -2.91. The lowest BCUT2D eigenvalue weighted by Gasteiger charge is -2.12. The third-order valence-corrected chi connectivity index (χ3v) is 4.17. The van der Waals surface area contributed by atoms with Gasteiger partial charge in [0.15, 0.2) is 0 Å². The van der Waals surface area contributed by atoms with Gasteiger partial charge in [-0.15, -0.1) is 0 Å². The van der Waals surface area contributed by atoms with Crippen LogP contribution in [-0.2, 0) is 0 Å². The summed E-state index contributed by atoms with van der Waals surface area (Å²) in [7, 11) is 0. The highest BCUT2D eigenvalue weighted by atomic mass is 79.9. The first-order valence-electron chi connectivity index (χ1n) is 7.69. The Bertz CT molecular complexity index is 945. The topological polar surface area (TPSA) is 73.6 Å². The van der Waals surface area contributed by atoms with E-state index >= 15 is 0 Å². The molecule has 0 radical (unpaired) electrons. The molecule has 0 aliphatic carbocycles. The van der Waals surface area contributed by atoms with Gasteiger partial charge in [0.2, 0.25) is 0 Å². The number of nitrogens with zero attached hydrogens (tertiary/aromatic N) is 3.